The Morgan fingerprint density at radius 2 is 2.10 bits per heavy atom. The van der Waals surface area contributed by atoms with Crippen LogP contribution in [0.3, 0.4) is 0 Å². The molecule has 1 heterocycles. The standard InChI is InChI=1S/C14H17F4NO/c1-13(5-2-6-14(16,17)18)8-11(19)10-7-9(15)3-4-12(10)20-13/h3-4,7,11H,2,5-6,8,19H2,1H3/t11-,13?/m1/s1. The van der Waals surface area contributed by atoms with Crippen LogP contribution in [0, 0.1) is 5.82 Å². The van der Waals surface area contributed by atoms with Gasteiger partial charge in [-0.15, -0.1) is 0 Å². The normalized spacial score (nSPS) is 26.0. The van der Waals surface area contributed by atoms with E-state index in [1.54, 1.807) is 6.92 Å². The van der Waals surface area contributed by atoms with Crippen LogP contribution in [0.4, 0.5) is 17.6 Å². The summed E-state index contributed by atoms with van der Waals surface area (Å²) in [6, 6.07) is 3.62. The van der Waals surface area contributed by atoms with E-state index in [0.29, 0.717) is 17.7 Å². The Morgan fingerprint density at radius 1 is 1.40 bits per heavy atom. The topological polar surface area (TPSA) is 35.2 Å². The molecule has 2 atom stereocenters. The minimum absolute atomic E-state index is 0.0107. The first kappa shape index (κ1) is 15.1. The summed E-state index contributed by atoms with van der Waals surface area (Å²) in [5.41, 5.74) is 5.81. The average molecular weight is 291 g/mol. The van der Waals surface area contributed by atoms with Gasteiger partial charge in [-0.05, 0) is 38.0 Å². The highest BCUT2D eigenvalue weighted by Crippen LogP contribution is 2.41. The van der Waals surface area contributed by atoms with Crippen molar-refractivity contribution in [1.29, 1.82) is 0 Å². The van der Waals surface area contributed by atoms with Gasteiger partial charge < -0.3 is 10.5 Å². The van der Waals surface area contributed by atoms with Crippen molar-refractivity contribution in [2.24, 2.45) is 5.73 Å². The smallest absolute Gasteiger partial charge is 0.389 e. The molecule has 1 aromatic carbocycles. The van der Waals surface area contributed by atoms with Crippen molar-refractivity contribution in [1.82, 2.24) is 0 Å². The lowest BCUT2D eigenvalue weighted by Gasteiger charge is -2.39. The molecule has 0 saturated carbocycles. The molecule has 2 rings (SSSR count). The zero-order valence-corrected chi connectivity index (χ0v) is 11.1. The maximum absolute atomic E-state index is 13.2. The predicted octanol–water partition coefficient (Wildman–Crippen LogP) is 4.10. The van der Waals surface area contributed by atoms with Crippen LogP contribution in [0.25, 0.3) is 0 Å². The van der Waals surface area contributed by atoms with Crippen molar-refractivity contribution in [3.63, 3.8) is 0 Å². The highest BCUT2D eigenvalue weighted by molar-refractivity contribution is 5.39. The van der Waals surface area contributed by atoms with Gasteiger partial charge in [0.1, 0.15) is 17.2 Å². The zero-order valence-electron chi connectivity index (χ0n) is 11.1. The van der Waals surface area contributed by atoms with Gasteiger partial charge in [0.25, 0.3) is 0 Å². The number of halogens is 4. The third-order valence-electron chi connectivity index (χ3n) is 3.55. The third-order valence-corrected chi connectivity index (χ3v) is 3.55. The Balaban J connectivity index is 2.06. The molecule has 112 valence electrons. The number of benzene rings is 1. The largest absolute Gasteiger partial charge is 0.487 e. The summed E-state index contributed by atoms with van der Waals surface area (Å²) in [5, 5.41) is 0. The number of ether oxygens (including phenoxy) is 1. The molecule has 0 spiro atoms. The fraction of sp³-hybridized carbons (Fsp3) is 0.571. The van der Waals surface area contributed by atoms with Gasteiger partial charge in [0.15, 0.2) is 0 Å². The zero-order chi connectivity index (χ0) is 15.0. The maximum atomic E-state index is 13.2. The van der Waals surface area contributed by atoms with Gasteiger partial charge in [-0.25, -0.2) is 4.39 Å². The Kier molecular flexibility index (Phi) is 3.95. The van der Waals surface area contributed by atoms with E-state index in [4.69, 9.17) is 10.5 Å². The van der Waals surface area contributed by atoms with E-state index in [2.05, 4.69) is 0 Å². The molecule has 1 aromatic rings. The quantitative estimate of drug-likeness (QED) is 0.851. The Hall–Kier alpha value is -1.30. The summed E-state index contributed by atoms with van der Waals surface area (Å²) in [4.78, 5) is 0. The van der Waals surface area contributed by atoms with Crippen molar-refractivity contribution in [2.75, 3.05) is 0 Å². The number of hydrogen-bond donors (Lipinski definition) is 1. The second kappa shape index (κ2) is 5.24. The van der Waals surface area contributed by atoms with Crippen LogP contribution in [0.5, 0.6) is 5.75 Å². The summed E-state index contributed by atoms with van der Waals surface area (Å²) in [7, 11) is 0. The van der Waals surface area contributed by atoms with Crippen LogP contribution in [0.15, 0.2) is 18.2 Å². The first-order valence-corrected chi connectivity index (χ1v) is 6.49. The van der Waals surface area contributed by atoms with Crippen LogP contribution in [0.2, 0.25) is 0 Å². The molecule has 0 aromatic heterocycles. The highest BCUT2D eigenvalue weighted by atomic mass is 19.4. The molecule has 20 heavy (non-hydrogen) atoms. The number of alkyl halides is 3. The van der Waals surface area contributed by atoms with Crippen LogP contribution in [-0.4, -0.2) is 11.8 Å². The van der Waals surface area contributed by atoms with Gasteiger partial charge in [-0.2, -0.15) is 13.2 Å². The lowest BCUT2D eigenvalue weighted by atomic mass is 9.85. The van der Waals surface area contributed by atoms with Crippen LogP contribution in [-0.2, 0) is 0 Å². The van der Waals surface area contributed by atoms with Gasteiger partial charge in [-0.1, -0.05) is 0 Å². The second-order valence-corrected chi connectivity index (χ2v) is 5.51. The summed E-state index contributed by atoms with van der Waals surface area (Å²) < 4.78 is 55.5. The van der Waals surface area contributed by atoms with Crippen molar-refractivity contribution in [2.45, 2.75) is 50.4 Å². The molecular formula is C14H17F4NO. The minimum Gasteiger partial charge on any atom is -0.487 e. The van der Waals surface area contributed by atoms with Gasteiger partial charge in [0.05, 0.1) is 0 Å². The van der Waals surface area contributed by atoms with Crippen molar-refractivity contribution < 1.29 is 22.3 Å². The molecule has 0 radical (unpaired) electrons. The van der Waals surface area contributed by atoms with E-state index in [0.717, 1.165) is 0 Å². The number of rotatable bonds is 3. The molecule has 1 unspecified atom stereocenters. The van der Waals surface area contributed by atoms with E-state index in [1.807, 2.05) is 0 Å². The summed E-state index contributed by atoms with van der Waals surface area (Å²) in [5.74, 6) is 0.0585. The van der Waals surface area contributed by atoms with Gasteiger partial charge in [0.2, 0.25) is 0 Å². The first-order valence-electron chi connectivity index (χ1n) is 6.49. The van der Waals surface area contributed by atoms with E-state index in [9.17, 15) is 17.6 Å². The fourth-order valence-corrected chi connectivity index (χ4v) is 2.60. The van der Waals surface area contributed by atoms with Crippen LogP contribution in [0.1, 0.15) is 44.2 Å². The highest BCUT2D eigenvalue weighted by Gasteiger charge is 2.37. The second-order valence-electron chi connectivity index (χ2n) is 5.51. The summed E-state index contributed by atoms with van der Waals surface area (Å²) >= 11 is 0. The number of fused-ring (bicyclic) bond motifs is 1. The average Bonchev–Trinajstić information content (AvgIpc) is 2.28. The number of hydrogen-bond acceptors (Lipinski definition) is 2. The molecule has 0 saturated heterocycles. The fourth-order valence-electron chi connectivity index (χ4n) is 2.60. The molecular weight excluding hydrogens is 274 g/mol. The lowest BCUT2D eigenvalue weighted by molar-refractivity contribution is -0.137. The molecule has 0 bridgehead atoms. The van der Waals surface area contributed by atoms with E-state index >= 15 is 0 Å². The Labute approximate surface area is 114 Å². The van der Waals surface area contributed by atoms with Gasteiger partial charge in [-0.3, -0.25) is 0 Å². The minimum atomic E-state index is -4.16. The predicted molar refractivity (Wildman–Crippen MR) is 66.9 cm³/mol. The van der Waals surface area contributed by atoms with E-state index in [-0.39, 0.29) is 12.8 Å². The van der Waals surface area contributed by atoms with Crippen LogP contribution < -0.4 is 10.5 Å². The van der Waals surface area contributed by atoms with Gasteiger partial charge in [0, 0.05) is 24.4 Å². The molecule has 2 N–H and O–H groups in total. The van der Waals surface area contributed by atoms with Gasteiger partial charge >= 0.3 is 6.18 Å². The van der Waals surface area contributed by atoms with Crippen molar-refractivity contribution >= 4 is 0 Å². The summed E-state index contributed by atoms with van der Waals surface area (Å²) in [6.07, 6.45) is -4.37. The maximum Gasteiger partial charge on any atom is 0.389 e. The Morgan fingerprint density at radius 3 is 2.75 bits per heavy atom. The molecule has 0 fully saturated rings. The SMILES string of the molecule is CC1(CCCC(F)(F)F)C[C@@H](N)c2cc(F)ccc2O1. The van der Waals surface area contributed by atoms with Crippen LogP contribution >= 0.6 is 0 Å². The Bertz CT molecular complexity index is 489. The van der Waals surface area contributed by atoms with E-state index in [1.165, 1.54) is 18.2 Å². The molecule has 1 aliphatic heterocycles. The molecule has 1 aliphatic rings. The van der Waals surface area contributed by atoms with Crippen molar-refractivity contribution in [3.8, 4) is 5.75 Å². The third kappa shape index (κ3) is 3.62. The molecule has 0 amide bonds. The molecule has 0 aliphatic carbocycles. The van der Waals surface area contributed by atoms with Crippen molar-refractivity contribution in [3.05, 3.63) is 29.6 Å². The lowest BCUT2D eigenvalue weighted by Crippen LogP contribution is -2.40. The molecule has 2 nitrogen and oxygen atoms in total. The summed E-state index contributed by atoms with van der Waals surface area (Å²) in [6.45, 7) is 1.75. The first-order chi connectivity index (χ1) is 9.19. The molecule has 6 heteroatoms. The number of nitrogens with two attached hydrogens (primary N) is 1. The van der Waals surface area contributed by atoms with E-state index < -0.39 is 30.1 Å². The monoisotopic (exact) mass is 291 g/mol.